The first-order valence-electron chi connectivity index (χ1n) is 3.56. The highest BCUT2D eigenvalue weighted by atomic mass is 35.5. The first-order chi connectivity index (χ1) is 5.68. The average Bonchev–Trinajstić information content (AvgIpc) is 2.39. The smallest absolute Gasteiger partial charge is 0.0940 e. The Balaban J connectivity index is 2.89. The fourth-order valence-electron chi connectivity index (χ4n) is 1.20. The summed E-state index contributed by atoms with van der Waals surface area (Å²) >= 11 is 11.9. The van der Waals surface area contributed by atoms with Gasteiger partial charge in [0.15, 0.2) is 0 Å². The Morgan fingerprint density at radius 2 is 2.17 bits per heavy atom. The van der Waals surface area contributed by atoms with Crippen LogP contribution in [0.3, 0.4) is 0 Å². The Bertz CT molecular complexity index is 431. The van der Waals surface area contributed by atoms with Crippen LogP contribution in [0.15, 0.2) is 23.1 Å². The number of thiophene rings is 1. The van der Waals surface area contributed by atoms with Crippen molar-refractivity contribution in [1.82, 2.24) is 0 Å². The molecule has 0 aliphatic rings. The number of benzene rings is 1. The predicted molar refractivity (Wildman–Crippen MR) is 58.8 cm³/mol. The number of halogens is 1. The van der Waals surface area contributed by atoms with Crippen LogP contribution in [0.2, 0.25) is 4.34 Å². The molecule has 3 heteroatoms. The first-order valence-corrected chi connectivity index (χ1v) is 5.20. The lowest BCUT2D eigenvalue weighted by atomic mass is 10.2. The third-order valence-electron chi connectivity index (χ3n) is 1.88. The largest absolute Gasteiger partial charge is 0.143 e. The summed E-state index contributed by atoms with van der Waals surface area (Å²) in [6, 6.07) is 6.04. The van der Waals surface area contributed by atoms with Crippen molar-refractivity contribution in [2.45, 2.75) is 11.8 Å². The van der Waals surface area contributed by atoms with Gasteiger partial charge in [0.2, 0.25) is 0 Å². The van der Waals surface area contributed by atoms with E-state index in [2.05, 4.69) is 19.6 Å². The van der Waals surface area contributed by atoms with Gasteiger partial charge in [0.05, 0.1) is 4.34 Å². The molecule has 0 aliphatic heterocycles. The third kappa shape index (κ3) is 1.24. The van der Waals surface area contributed by atoms with E-state index in [9.17, 15) is 0 Å². The number of hydrogen-bond donors (Lipinski definition) is 1. The van der Waals surface area contributed by atoms with Gasteiger partial charge in [-0.3, -0.25) is 0 Å². The van der Waals surface area contributed by atoms with Crippen molar-refractivity contribution in [3.8, 4) is 0 Å². The molecule has 2 aromatic rings. The van der Waals surface area contributed by atoms with Gasteiger partial charge in [0.1, 0.15) is 0 Å². The van der Waals surface area contributed by atoms with Gasteiger partial charge in [0, 0.05) is 9.60 Å². The maximum absolute atomic E-state index is 5.90. The Kier molecular flexibility index (Phi) is 2.07. The maximum Gasteiger partial charge on any atom is 0.0940 e. The molecule has 0 nitrogen and oxygen atoms in total. The second-order valence-corrected chi connectivity index (χ2v) is 4.84. The van der Waals surface area contributed by atoms with Crippen molar-refractivity contribution in [2.24, 2.45) is 0 Å². The Morgan fingerprint density at radius 3 is 2.92 bits per heavy atom. The zero-order valence-corrected chi connectivity index (χ0v) is 8.93. The third-order valence-corrected chi connectivity index (χ3v) is 3.76. The first kappa shape index (κ1) is 8.42. The Labute approximate surface area is 85.6 Å². The summed E-state index contributed by atoms with van der Waals surface area (Å²) in [5, 5.41) is 1.21. The van der Waals surface area contributed by atoms with E-state index < -0.39 is 0 Å². The van der Waals surface area contributed by atoms with Gasteiger partial charge in [-0.1, -0.05) is 17.7 Å². The van der Waals surface area contributed by atoms with Crippen LogP contribution >= 0.6 is 35.6 Å². The lowest BCUT2D eigenvalue weighted by molar-refractivity contribution is 1.37. The van der Waals surface area contributed by atoms with E-state index in [1.165, 1.54) is 15.6 Å². The monoisotopic (exact) mass is 214 g/mol. The van der Waals surface area contributed by atoms with Crippen molar-refractivity contribution < 1.29 is 0 Å². The fourth-order valence-corrected chi connectivity index (χ4v) is 2.70. The molecule has 12 heavy (non-hydrogen) atoms. The minimum absolute atomic E-state index is 0.840. The molecule has 0 saturated carbocycles. The summed E-state index contributed by atoms with van der Waals surface area (Å²) < 4.78 is 2.08. The van der Waals surface area contributed by atoms with Crippen LogP contribution < -0.4 is 0 Å². The van der Waals surface area contributed by atoms with Gasteiger partial charge < -0.3 is 0 Å². The summed E-state index contributed by atoms with van der Waals surface area (Å²) in [6.07, 6.45) is 0. The summed E-state index contributed by atoms with van der Waals surface area (Å²) in [4.78, 5) is 1.03. The Morgan fingerprint density at radius 1 is 1.42 bits per heavy atom. The lowest BCUT2D eigenvalue weighted by Gasteiger charge is -1.98. The molecule has 0 aliphatic carbocycles. The predicted octanol–water partition coefficient (Wildman–Crippen LogP) is 4.15. The molecule has 0 radical (unpaired) electrons. The standard InChI is InChI=1S/C9H7ClS2/c1-5-7(11)3-2-6-4-8(10)12-9(5)6/h2-4,11H,1H3. The van der Waals surface area contributed by atoms with Crippen molar-refractivity contribution >= 4 is 45.7 Å². The zero-order chi connectivity index (χ0) is 8.72. The lowest BCUT2D eigenvalue weighted by Crippen LogP contribution is -1.74. The van der Waals surface area contributed by atoms with Crippen molar-refractivity contribution in [3.05, 3.63) is 28.1 Å². The van der Waals surface area contributed by atoms with E-state index in [1.54, 1.807) is 11.3 Å². The van der Waals surface area contributed by atoms with E-state index in [0.717, 1.165) is 9.23 Å². The van der Waals surface area contributed by atoms with Gasteiger partial charge in [-0.05, 0) is 30.0 Å². The highest BCUT2D eigenvalue weighted by Crippen LogP contribution is 2.33. The Hall–Kier alpha value is -0.180. The second-order valence-electron chi connectivity index (χ2n) is 2.68. The molecule has 0 atom stereocenters. The van der Waals surface area contributed by atoms with Gasteiger partial charge in [0.25, 0.3) is 0 Å². The van der Waals surface area contributed by atoms with E-state index in [0.29, 0.717) is 0 Å². The van der Waals surface area contributed by atoms with Crippen LogP contribution in [0.4, 0.5) is 0 Å². The molecule has 0 saturated heterocycles. The van der Waals surface area contributed by atoms with Crippen LogP contribution in [0, 0.1) is 6.92 Å². The van der Waals surface area contributed by atoms with Gasteiger partial charge >= 0.3 is 0 Å². The van der Waals surface area contributed by atoms with E-state index >= 15 is 0 Å². The minimum atomic E-state index is 0.840. The van der Waals surface area contributed by atoms with Crippen molar-refractivity contribution in [1.29, 1.82) is 0 Å². The number of rotatable bonds is 0. The van der Waals surface area contributed by atoms with E-state index in [1.807, 2.05) is 18.2 Å². The molecular weight excluding hydrogens is 208 g/mol. The summed E-state index contributed by atoms with van der Waals surface area (Å²) in [5.41, 5.74) is 1.22. The van der Waals surface area contributed by atoms with Crippen LogP contribution in [-0.2, 0) is 0 Å². The SMILES string of the molecule is Cc1c(S)ccc2cc(Cl)sc12. The summed E-state index contributed by atoms with van der Waals surface area (Å²) in [6.45, 7) is 2.07. The number of fused-ring (bicyclic) bond motifs is 1. The topological polar surface area (TPSA) is 0 Å². The highest BCUT2D eigenvalue weighted by molar-refractivity contribution is 7.80. The molecule has 0 unspecified atom stereocenters. The van der Waals surface area contributed by atoms with Gasteiger partial charge in [-0.25, -0.2) is 0 Å². The molecule has 62 valence electrons. The van der Waals surface area contributed by atoms with Crippen LogP contribution in [0.1, 0.15) is 5.56 Å². The van der Waals surface area contributed by atoms with E-state index in [-0.39, 0.29) is 0 Å². The molecule has 0 bridgehead atoms. The van der Waals surface area contributed by atoms with Crippen LogP contribution in [-0.4, -0.2) is 0 Å². The van der Waals surface area contributed by atoms with Crippen LogP contribution in [0.25, 0.3) is 10.1 Å². The van der Waals surface area contributed by atoms with Gasteiger partial charge in [-0.2, -0.15) is 0 Å². The number of aryl methyl sites for hydroxylation is 1. The second kappa shape index (κ2) is 2.95. The van der Waals surface area contributed by atoms with Crippen molar-refractivity contribution in [2.75, 3.05) is 0 Å². The highest BCUT2D eigenvalue weighted by Gasteiger charge is 2.04. The minimum Gasteiger partial charge on any atom is -0.143 e. The quantitative estimate of drug-likeness (QED) is 0.626. The number of hydrogen-bond acceptors (Lipinski definition) is 2. The molecule has 0 spiro atoms. The van der Waals surface area contributed by atoms with Gasteiger partial charge in [-0.15, -0.1) is 24.0 Å². The summed E-state index contributed by atoms with van der Waals surface area (Å²) in [7, 11) is 0. The normalized spacial score (nSPS) is 10.9. The molecular formula is C9H7ClS2. The average molecular weight is 215 g/mol. The fraction of sp³-hybridized carbons (Fsp3) is 0.111. The molecule has 0 fully saturated rings. The van der Waals surface area contributed by atoms with Crippen molar-refractivity contribution in [3.63, 3.8) is 0 Å². The molecule has 2 rings (SSSR count). The molecule has 1 heterocycles. The van der Waals surface area contributed by atoms with Crippen LogP contribution in [0.5, 0.6) is 0 Å². The molecule has 1 aromatic heterocycles. The molecule has 1 aromatic carbocycles. The van der Waals surface area contributed by atoms with E-state index in [4.69, 9.17) is 11.6 Å². The number of thiol groups is 1. The molecule has 0 amide bonds. The molecule has 0 N–H and O–H groups in total. The zero-order valence-electron chi connectivity index (χ0n) is 6.47. The maximum atomic E-state index is 5.90. The summed E-state index contributed by atoms with van der Waals surface area (Å²) in [5.74, 6) is 0.